The summed E-state index contributed by atoms with van der Waals surface area (Å²) in [6.45, 7) is 5.75. The van der Waals surface area contributed by atoms with E-state index < -0.39 is 5.54 Å². The minimum Gasteiger partial charge on any atom is -0.381 e. The second-order valence-corrected chi connectivity index (χ2v) is 4.75. The molecule has 0 fully saturated rings. The van der Waals surface area contributed by atoms with Crippen molar-refractivity contribution in [3.05, 3.63) is 0 Å². The van der Waals surface area contributed by atoms with E-state index in [-0.39, 0.29) is 0 Å². The zero-order chi connectivity index (χ0) is 13.0. The molecule has 100 valence electrons. The van der Waals surface area contributed by atoms with E-state index in [2.05, 4.69) is 13.0 Å². The molecule has 0 aromatic heterocycles. The van der Waals surface area contributed by atoms with Gasteiger partial charge in [-0.1, -0.05) is 39.5 Å². The maximum absolute atomic E-state index is 8.89. The molecule has 0 saturated heterocycles. The first-order valence-corrected chi connectivity index (χ1v) is 6.96. The topological polar surface area (TPSA) is 59.0 Å². The Morgan fingerprint density at radius 3 is 2.29 bits per heavy atom. The van der Waals surface area contributed by atoms with Gasteiger partial charge in [0, 0.05) is 13.2 Å². The molecule has 1 unspecified atom stereocenters. The summed E-state index contributed by atoms with van der Waals surface area (Å²) < 4.78 is 5.53. The summed E-state index contributed by atoms with van der Waals surface area (Å²) in [6, 6.07) is 2.18. The van der Waals surface area contributed by atoms with Crippen molar-refractivity contribution in [1.82, 2.24) is 0 Å². The standard InChI is InChI=1S/C14H28N2O/c1-3-5-6-7-8-11-17-12-9-10-14(16,4-2)13-15/h3-12,16H2,1-2H3. The van der Waals surface area contributed by atoms with E-state index in [9.17, 15) is 0 Å². The molecule has 3 heteroatoms. The van der Waals surface area contributed by atoms with Crippen LogP contribution in [-0.4, -0.2) is 18.8 Å². The van der Waals surface area contributed by atoms with Crippen molar-refractivity contribution >= 4 is 0 Å². The van der Waals surface area contributed by atoms with Gasteiger partial charge in [-0.3, -0.25) is 0 Å². The van der Waals surface area contributed by atoms with Crippen LogP contribution in [-0.2, 0) is 4.74 Å². The van der Waals surface area contributed by atoms with Gasteiger partial charge < -0.3 is 10.5 Å². The van der Waals surface area contributed by atoms with Gasteiger partial charge in [-0.05, 0) is 25.7 Å². The predicted octanol–water partition coefficient (Wildman–Crippen LogP) is 3.38. The lowest BCUT2D eigenvalue weighted by molar-refractivity contribution is 0.123. The first kappa shape index (κ1) is 16.4. The van der Waals surface area contributed by atoms with Crippen LogP contribution in [0.15, 0.2) is 0 Å². The van der Waals surface area contributed by atoms with E-state index in [1.165, 1.54) is 25.7 Å². The lowest BCUT2D eigenvalue weighted by Crippen LogP contribution is -2.37. The largest absolute Gasteiger partial charge is 0.381 e. The third kappa shape index (κ3) is 9.14. The molecule has 0 heterocycles. The molecule has 0 aliphatic carbocycles. The second-order valence-electron chi connectivity index (χ2n) is 4.75. The van der Waals surface area contributed by atoms with E-state index >= 15 is 0 Å². The van der Waals surface area contributed by atoms with Crippen LogP contribution in [0, 0.1) is 11.3 Å². The van der Waals surface area contributed by atoms with Crippen LogP contribution in [0.1, 0.15) is 65.2 Å². The van der Waals surface area contributed by atoms with Gasteiger partial charge in [0.2, 0.25) is 0 Å². The van der Waals surface area contributed by atoms with Crippen molar-refractivity contribution in [2.45, 2.75) is 70.8 Å². The maximum atomic E-state index is 8.89. The van der Waals surface area contributed by atoms with Crippen molar-refractivity contribution in [2.24, 2.45) is 5.73 Å². The molecule has 3 nitrogen and oxygen atoms in total. The average Bonchev–Trinajstić information content (AvgIpc) is 2.36. The van der Waals surface area contributed by atoms with Gasteiger partial charge in [0.05, 0.1) is 6.07 Å². The molecule has 0 aromatic rings. The van der Waals surface area contributed by atoms with E-state index in [4.69, 9.17) is 15.7 Å². The molecule has 17 heavy (non-hydrogen) atoms. The maximum Gasteiger partial charge on any atom is 0.104 e. The summed E-state index contributed by atoms with van der Waals surface area (Å²) in [5.41, 5.74) is 5.23. The monoisotopic (exact) mass is 240 g/mol. The number of nitrogens with zero attached hydrogens (tertiary/aromatic N) is 1. The summed E-state index contributed by atoms with van der Waals surface area (Å²) in [4.78, 5) is 0. The van der Waals surface area contributed by atoms with Crippen LogP contribution in [0.25, 0.3) is 0 Å². The van der Waals surface area contributed by atoms with Crippen molar-refractivity contribution in [3.63, 3.8) is 0 Å². The molecule has 0 saturated carbocycles. The number of hydrogen-bond donors (Lipinski definition) is 1. The highest BCUT2D eigenvalue weighted by Crippen LogP contribution is 2.12. The lowest BCUT2D eigenvalue weighted by Gasteiger charge is -2.18. The van der Waals surface area contributed by atoms with Crippen molar-refractivity contribution < 1.29 is 4.74 Å². The molecular formula is C14H28N2O. The highest BCUT2D eigenvalue weighted by molar-refractivity contribution is 5.03. The molecule has 0 rings (SSSR count). The van der Waals surface area contributed by atoms with E-state index in [1.54, 1.807) is 0 Å². The summed E-state index contributed by atoms with van der Waals surface area (Å²) in [5, 5.41) is 8.89. The number of nitrogens with two attached hydrogens (primary N) is 1. The minimum atomic E-state index is -0.648. The highest BCUT2D eigenvalue weighted by Gasteiger charge is 2.20. The number of unbranched alkanes of at least 4 members (excludes halogenated alkanes) is 4. The minimum absolute atomic E-state index is 0.648. The Labute approximate surface area is 106 Å². The fraction of sp³-hybridized carbons (Fsp3) is 0.929. The molecule has 2 N–H and O–H groups in total. The van der Waals surface area contributed by atoms with Gasteiger partial charge in [0.1, 0.15) is 5.54 Å². The molecule has 0 aromatic carbocycles. The fourth-order valence-electron chi connectivity index (χ4n) is 1.71. The fourth-order valence-corrected chi connectivity index (χ4v) is 1.71. The SMILES string of the molecule is CCCCCCCOCCCC(N)(C#N)CC. The molecule has 0 spiro atoms. The Balaban J connectivity index is 3.27. The summed E-state index contributed by atoms with van der Waals surface area (Å²) in [6.07, 6.45) is 8.67. The van der Waals surface area contributed by atoms with Crippen molar-refractivity contribution in [2.75, 3.05) is 13.2 Å². The first-order valence-electron chi connectivity index (χ1n) is 6.96. The van der Waals surface area contributed by atoms with Crippen LogP contribution in [0.3, 0.4) is 0 Å². The lowest BCUT2D eigenvalue weighted by atomic mass is 9.94. The van der Waals surface area contributed by atoms with Gasteiger partial charge >= 0.3 is 0 Å². The number of rotatable bonds is 11. The molecule has 0 amide bonds. The molecule has 1 atom stereocenters. The quantitative estimate of drug-likeness (QED) is 0.563. The van der Waals surface area contributed by atoms with Gasteiger partial charge in [-0.15, -0.1) is 0 Å². The predicted molar refractivity (Wildman–Crippen MR) is 71.6 cm³/mol. The van der Waals surface area contributed by atoms with E-state index in [0.717, 1.165) is 32.5 Å². The summed E-state index contributed by atoms with van der Waals surface area (Å²) >= 11 is 0. The Morgan fingerprint density at radius 1 is 1.06 bits per heavy atom. The Kier molecular flexibility index (Phi) is 10.2. The van der Waals surface area contributed by atoms with Crippen LogP contribution in [0.2, 0.25) is 0 Å². The third-order valence-electron chi connectivity index (χ3n) is 3.16. The summed E-state index contributed by atoms with van der Waals surface area (Å²) in [5.74, 6) is 0. The summed E-state index contributed by atoms with van der Waals surface area (Å²) in [7, 11) is 0. The van der Waals surface area contributed by atoms with Gasteiger partial charge in [-0.2, -0.15) is 5.26 Å². The third-order valence-corrected chi connectivity index (χ3v) is 3.16. The molecule has 0 bridgehead atoms. The van der Waals surface area contributed by atoms with Crippen LogP contribution >= 0.6 is 0 Å². The smallest absolute Gasteiger partial charge is 0.104 e. The van der Waals surface area contributed by atoms with Crippen molar-refractivity contribution in [3.8, 4) is 6.07 Å². The van der Waals surface area contributed by atoms with E-state index in [1.807, 2.05) is 6.92 Å². The molecule has 0 aliphatic heterocycles. The van der Waals surface area contributed by atoms with Gasteiger partial charge in [0.25, 0.3) is 0 Å². The highest BCUT2D eigenvalue weighted by atomic mass is 16.5. The number of hydrogen-bond acceptors (Lipinski definition) is 3. The molecule has 0 aliphatic rings. The Hall–Kier alpha value is -0.590. The number of ether oxygens (including phenoxy) is 1. The van der Waals surface area contributed by atoms with Crippen LogP contribution < -0.4 is 5.73 Å². The average molecular weight is 240 g/mol. The first-order chi connectivity index (χ1) is 8.18. The van der Waals surface area contributed by atoms with Crippen LogP contribution in [0.5, 0.6) is 0 Å². The van der Waals surface area contributed by atoms with E-state index in [0.29, 0.717) is 6.42 Å². The Bertz CT molecular complexity index is 213. The zero-order valence-electron chi connectivity index (χ0n) is 11.5. The Morgan fingerprint density at radius 2 is 1.71 bits per heavy atom. The molecular weight excluding hydrogens is 212 g/mol. The zero-order valence-corrected chi connectivity index (χ0v) is 11.5. The van der Waals surface area contributed by atoms with Gasteiger partial charge in [0.15, 0.2) is 0 Å². The number of nitriles is 1. The normalized spacial score (nSPS) is 14.2. The molecule has 0 radical (unpaired) electrons. The second kappa shape index (κ2) is 10.6. The van der Waals surface area contributed by atoms with Gasteiger partial charge in [-0.25, -0.2) is 0 Å². The van der Waals surface area contributed by atoms with Crippen LogP contribution in [0.4, 0.5) is 0 Å². The van der Waals surface area contributed by atoms with Crippen molar-refractivity contribution in [1.29, 1.82) is 5.26 Å².